The Labute approximate surface area is 102 Å². The van der Waals surface area contributed by atoms with Gasteiger partial charge in [-0.25, -0.2) is 4.98 Å². The molecule has 94 valence electrons. The van der Waals surface area contributed by atoms with Crippen molar-refractivity contribution in [3.8, 4) is 5.88 Å². The molecule has 1 aliphatic rings. The number of nitrogens with zero attached hydrogens (tertiary/aromatic N) is 3. The minimum Gasteiger partial charge on any atom is -0.481 e. The quantitative estimate of drug-likeness (QED) is 0.857. The minimum absolute atomic E-state index is 0.466. The molecule has 0 bridgehead atoms. The van der Waals surface area contributed by atoms with Gasteiger partial charge in [0, 0.05) is 18.7 Å². The Morgan fingerprint density at radius 1 is 1.47 bits per heavy atom. The molecule has 0 spiro atoms. The molecule has 1 atom stereocenters. The number of aromatic nitrogens is 2. The van der Waals surface area contributed by atoms with Crippen LogP contribution in [0, 0.1) is 6.92 Å². The third-order valence-electron chi connectivity index (χ3n) is 3.00. The molecule has 1 saturated heterocycles. The number of rotatable bonds is 3. The molecule has 0 aliphatic carbocycles. The van der Waals surface area contributed by atoms with Crippen LogP contribution >= 0.6 is 0 Å². The van der Waals surface area contributed by atoms with Crippen molar-refractivity contribution in [3.63, 3.8) is 0 Å². The Hall–Kier alpha value is -1.36. The molecule has 1 aliphatic heterocycles. The summed E-state index contributed by atoms with van der Waals surface area (Å²) in [6.45, 7) is 4.12. The van der Waals surface area contributed by atoms with Crippen LogP contribution in [0.3, 0.4) is 0 Å². The largest absolute Gasteiger partial charge is 0.481 e. The van der Waals surface area contributed by atoms with Gasteiger partial charge in [0.15, 0.2) is 0 Å². The summed E-state index contributed by atoms with van der Waals surface area (Å²) in [5, 5.41) is 3.45. The van der Waals surface area contributed by atoms with Gasteiger partial charge in [-0.3, -0.25) is 0 Å². The number of hydrogen-bond acceptors (Lipinski definition) is 5. The van der Waals surface area contributed by atoms with Crippen molar-refractivity contribution in [2.75, 3.05) is 32.6 Å². The molecular formula is C12H20N4O. The lowest BCUT2D eigenvalue weighted by atomic mass is 10.1. The molecular weight excluding hydrogens is 216 g/mol. The molecule has 1 aromatic rings. The maximum atomic E-state index is 5.14. The summed E-state index contributed by atoms with van der Waals surface area (Å²) >= 11 is 0. The Bertz CT molecular complexity index is 383. The number of hydrogen-bond donors (Lipinski definition) is 1. The van der Waals surface area contributed by atoms with Crippen molar-refractivity contribution < 1.29 is 4.74 Å². The van der Waals surface area contributed by atoms with Gasteiger partial charge in [0.25, 0.3) is 0 Å². The number of likely N-dealkylation sites (tertiary alicyclic amines) is 1. The summed E-state index contributed by atoms with van der Waals surface area (Å²) in [5.41, 5.74) is 0. The van der Waals surface area contributed by atoms with E-state index in [2.05, 4.69) is 27.2 Å². The normalized spacial score (nSPS) is 21.2. The highest BCUT2D eigenvalue weighted by Crippen LogP contribution is 2.17. The second-order valence-corrected chi connectivity index (χ2v) is 4.59. The summed E-state index contributed by atoms with van der Waals surface area (Å²) in [4.78, 5) is 10.9. The van der Waals surface area contributed by atoms with E-state index in [4.69, 9.17) is 4.74 Å². The zero-order valence-corrected chi connectivity index (χ0v) is 10.7. The van der Waals surface area contributed by atoms with Gasteiger partial charge in [0.1, 0.15) is 11.6 Å². The monoisotopic (exact) mass is 236 g/mol. The molecule has 1 N–H and O–H groups in total. The van der Waals surface area contributed by atoms with E-state index in [0.717, 1.165) is 18.2 Å². The Balaban J connectivity index is 2.04. The van der Waals surface area contributed by atoms with Gasteiger partial charge in [-0.05, 0) is 33.4 Å². The van der Waals surface area contributed by atoms with Gasteiger partial charge in [0.05, 0.1) is 7.11 Å². The minimum atomic E-state index is 0.466. The molecule has 0 aromatic carbocycles. The number of anilines is 1. The van der Waals surface area contributed by atoms with Gasteiger partial charge in [-0.2, -0.15) is 4.98 Å². The van der Waals surface area contributed by atoms with Gasteiger partial charge >= 0.3 is 0 Å². The first-order valence-corrected chi connectivity index (χ1v) is 6.02. The summed E-state index contributed by atoms with van der Waals surface area (Å²) in [7, 11) is 3.78. The molecule has 0 radical (unpaired) electrons. The Morgan fingerprint density at radius 3 is 3.00 bits per heavy atom. The SMILES string of the molecule is COc1cc(NC2CCCN(C)C2)nc(C)n1. The van der Waals surface area contributed by atoms with Crippen molar-refractivity contribution >= 4 is 5.82 Å². The van der Waals surface area contributed by atoms with Crippen molar-refractivity contribution in [2.45, 2.75) is 25.8 Å². The fraction of sp³-hybridized carbons (Fsp3) is 0.667. The predicted octanol–water partition coefficient (Wildman–Crippen LogP) is 1.30. The van der Waals surface area contributed by atoms with Crippen LogP contribution in [0.25, 0.3) is 0 Å². The topological polar surface area (TPSA) is 50.3 Å². The van der Waals surface area contributed by atoms with Gasteiger partial charge in [-0.1, -0.05) is 0 Å². The van der Waals surface area contributed by atoms with Crippen LogP contribution in [0.15, 0.2) is 6.07 Å². The molecule has 5 nitrogen and oxygen atoms in total. The average molecular weight is 236 g/mol. The van der Waals surface area contributed by atoms with Crippen LogP contribution < -0.4 is 10.1 Å². The molecule has 5 heteroatoms. The predicted molar refractivity (Wildman–Crippen MR) is 67.5 cm³/mol. The summed E-state index contributed by atoms with van der Waals surface area (Å²) < 4.78 is 5.14. The van der Waals surface area contributed by atoms with E-state index < -0.39 is 0 Å². The second-order valence-electron chi connectivity index (χ2n) is 4.59. The van der Waals surface area contributed by atoms with E-state index in [-0.39, 0.29) is 0 Å². The molecule has 1 unspecified atom stereocenters. The van der Waals surface area contributed by atoms with E-state index in [1.807, 2.05) is 13.0 Å². The lowest BCUT2D eigenvalue weighted by Crippen LogP contribution is -2.39. The third kappa shape index (κ3) is 3.30. The summed E-state index contributed by atoms with van der Waals surface area (Å²) in [5.74, 6) is 2.20. The highest BCUT2D eigenvalue weighted by atomic mass is 16.5. The van der Waals surface area contributed by atoms with E-state index in [1.165, 1.54) is 19.4 Å². The first-order chi connectivity index (χ1) is 8.17. The Morgan fingerprint density at radius 2 is 2.29 bits per heavy atom. The van der Waals surface area contributed by atoms with Crippen LogP contribution in [0.4, 0.5) is 5.82 Å². The van der Waals surface area contributed by atoms with Crippen LogP contribution in [0.2, 0.25) is 0 Å². The van der Waals surface area contributed by atoms with E-state index in [9.17, 15) is 0 Å². The van der Waals surface area contributed by atoms with Crippen LogP contribution in [0.5, 0.6) is 5.88 Å². The van der Waals surface area contributed by atoms with Crippen molar-refractivity contribution in [1.29, 1.82) is 0 Å². The van der Waals surface area contributed by atoms with Crippen molar-refractivity contribution in [3.05, 3.63) is 11.9 Å². The highest BCUT2D eigenvalue weighted by molar-refractivity contribution is 5.39. The Kier molecular flexibility index (Phi) is 3.78. The van der Waals surface area contributed by atoms with Gasteiger partial charge in [-0.15, -0.1) is 0 Å². The maximum absolute atomic E-state index is 5.14. The van der Waals surface area contributed by atoms with Crippen molar-refractivity contribution in [2.24, 2.45) is 0 Å². The highest BCUT2D eigenvalue weighted by Gasteiger charge is 2.17. The molecule has 1 aromatic heterocycles. The van der Waals surface area contributed by atoms with Crippen LogP contribution in [-0.2, 0) is 0 Å². The number of ether oxygens (including phenoxy) is 1. The van der Waals surface area contributed by atoms with Gasteiger partial charge < -0.3 is 15.0 Å². The summed E-state index contributed by atoms with van der Waals surface area (Å²) in [6, 6.07) is 2.31. The number of methoxy groups -OCH3 is 1. The standard InChI is InChI=1S/C12H20N4O/c1-9-13-11(7-12(14-9)17-3)15-10-5-4-6-16(2)8-10/h7,10H,4-6,8H2,1-3H3,(H,13,14,15). The molecule has 17 heavy (non-hydrogen) atoms. The number of likely N-dealkylation sites (N-methyl/N-ethyl adjacent to an activating group) is 1. The molecule has 0 saturated carbocycles. The lowest BCUT2D eigenvalue weighted by Gasteiger charge is -2.30. The van der Waals surface area contributed by atoms with E-state index in [0.29, 0.717) is 11.9 Å². The average Bonchev–Trinajstić information content (AvgIpc) is 2.28. The second kappa shape index (κ2) is 5.31. The fourth-order valence-corrected chi connectivity index (χ4v) is 2.21. The first-order valence-electron chi connectivity index (χ1n) is 6.02. The number of nitrogens with one attached hydrogen (secondary N) is 1. The lowest BCUT2D eigenvalue weighted by molar-refractivity contribution is 0.260. The maximum Gasteiger partial charge on any atom is 0.218 e. The summed E-state index contributed by atoms with van der Waals surface area (Å²) in [6.07, 6.45) is 2.42. The fourth-order valence-electron chi connectivity index (χ4n) is 2.21. The molecule has 2 heterocycles. The van der Waals surface area contributed by atoms with Crippen LogP contribution in [0.1, 0.15) is 18.7 Å². The molecule has 1 fully saturated rings. The van der Waals surface area contributed by atoms with E-state index in [1.54, 1.807) is 7.11 Å². The first kappa shape index (κ1) is 12.1. The zero-order chi connectivity index (χ0) is 12.3. The van der Waals surface area contributed by atoms with Crippen molar-refractivity contribution in [1.82, 2.24) is 14.9 Å². The van der Waals surface area contributed by atoms with E-state index >= 15 is 0 Å². The smallest absolute Gasteiger partial charge is 0.218 e. The number of aryl methyl sites for hydroxylation is 1. The third-order valence-corrected chi connectivity index (χ3v) is 3.00. The number of piperidine rings is 1. The molecule has 0 amide bonds. The van der Waals surface area contributed by atoms with Gasteiger partial charge in [0.2, 0.25) is 5.88 Å². The van der Waals surface area contributed by atoms with Crippen LogP contribution in [-0.4, -0.2) is 48.2 Å². The zero-order valence-electron chi connectivity index (χ0n) is 10.7. The molecule has 2 rings (SSSR count).